The van der Waals surface area contributed by atoms with Crippen LogP contribution in [0.5, 0.6) is 0 Å². The molecular weight excluding hydrogens is 467 g/mol. The van der Waals surface area contributed by atoms with Crippen LogP contribution in [0.1, 0.15) is 69.1 Å². The number of fused-ring (bicyclic) bond motifs is 2. The average Bonchev–Trinajstić information content (AvgIpc) is 3.41. The number of β-amino-alcohol motifs (C(OH)–C–C–N with tert-alkyl or cyclic N) is 1. The molecule has 3 aromatic heterocycles. The highest BCUT2D eigenvalue weighted by Crippen LogP contribution is 2.40. The third-order valence-corrected chi connectivity index (χ3v) is 7.08. The molecule has 4 heterocycles. The van der Waals surface area contributed by atoms with E-state index >= 15 is 0 Å². The van der Waals surface area contributed by atoms with Crippen LogP contribution in [0.15, 0.2) is 36.8 Å². The lowest BCUT2D eigenvalue weighted by atomic mass is 9.87. The summed E-state index contributed by atoms with van der Waals surface area (Å²) >= 11 is 0. The van der Waals surface area contributed by atoms with Gasteiger partial charge in [-0.15, -0.1) is 0 Å². The van der Waals surface area contributed by atoms with Crippen molar-refractivity contribution in [3.05, 3.63) is 53.5 Å². The Morgan fingerprint density at radius 1 is 1.14 bits per heavy atom. The minimum Gasteiger partial charge on any atom is -0.389 e. The van der Waals surface area contributed by atoms with Gasteiger partial charge in [0, 0.05) is 29.2 Å². The molecule has 0 amide bonds. The molecule has 192 valence electrons. The Kier molecular flexibility index (Phi) is 6.11. The fraction of sp³-hybridized carbons (Fsp3) is 0.481. The van der Waals surface area contributed by atoms with Crippen molar-refractivity contribution in [2.24, 2.45) is 0 Å². The predicted octanol–water partition coefficient (Wildman–Crippen LogP) is 5.97. The fourth-order valence-corrected chi connectivity index (χ4v) is 5.56. The van der Waals surface area contributed by atoms with Gasteiger partial charge in [0.2, 0.25) is 0 Å². The second-order valence-corrected chi connectivity index (χ2v) is 10.9. The van der Waals surface area contributed by atoms with Gasteiger partial charge >= 0.3 is 6.18 Å². The van der Waals surface area contributed by atoms with E-state index in [0.29, 0.717) is 23.7 Å². The molecule has 0 unspecified atom stereocenters. The zero-order valence-electron chi connectivity index (χ0n) is 21.0. The van der Waals surface area contributed by atoms with E-state index < -0.39 is 17.3 Å². The van der Waals surface area contributed by atoms with Gasteiger partial charge in [-0.2, -0.15) is 18.3 Å². The fourth-order valence-electron chi connectivity index (χ4n) is 5.56. The van der Waals surface area contributed by atoms with Gasteiger partial charge in [0.25, 0.3) is 0 Å². The largest absolute Gasteiger partial charge is 0.420 e. The second kappa shape index (κ2) is 8.88. The zero-order chi connectivity index (χ0) is 25.8. The van der Waals surface area contributed by atoms with E-state index in [-0.39, 0.29) is 11.6 Å². The molecule has 9 heteroatoms. The highest BCUT2D eigenvalue weighted by molar-refractivity contribution is 5.92. The Bertz CT molecular complexity index is 1390. The number of nitrogens with zero attached hydrogens (tertiary/aromatic N) is 4. The molecule has 0 spiro atoms. The first-order valence-corrected chi connectivity index (χ1v) is 12.4. The number of piperidine rings is 1. The second-order valence-electron chi connectivity index (χ2n) is 10.9. The third-order valence-electron chi connectivity index (χ3n) is 7.08. The third kappa shape index (κ3) is 4.74. The van der Waals surface area contributed by atoms with Crippen LogP contribution in [0.2, 0.25) is 0 Å². The normalized spacial score (nSPS) is 16.6. The van der Waals surface area contributed by atoms with Crippen molar-refractivity contribution in [3.8, 4) is 11.3 Å². The highest BCUT2D eigenvalue weighted by atomic mass is 19.4. The van der Waals surface area contributed by atoms with Gasteiger partial charge in [-0.05, 0) is 80.9 Å². The van der Waals surface area contributed by atoms with E-state index in [1.54, 1.807) is 6.20 Å². The summed E-state index contributed by atoms with van der Waals surface area (Å²) in [5, 5.41) is 15.2. The number of H-pyrrole nitrogens is 1. The predicted molar refractivity (Wildman–Crippen MR) is 134 cm³/mol. The van der Waals surface area contributed by atoms with Gasteiger partial charge in [-0.1, -0.05) is 19.9 Å². The maximum absolute atomic E-state index is 13.8. The van der Waals surface area contributed by atoms with Crippen LogP contribution in [0.3, 0.4) is 0 Å². The molecule has 0 atom stereocenters. The summed E-state index contributed by atoms with van der Waals surface area (Å²) < 4.78 is 42.7. The number of pyridine rings is 1. The molecule has 5 rings (SSSR count). The summed E-state index contributed by atoms with van der Waals surface area (Å²) in [6, 6.07) is 7.55. The highest BCUT2D eigenvalue weighted by Gasteiger charge is 2.35. The molecule has 0 radical (unpaired) electrons. The molecule has 0 saturated carbocycles. The number of aromatic amines is 1. The summed E-state index contributed by atoms with van der Waals surface area (Å²) in [7, 11) is 0. The smallest absolute Gasteiger partial charge is 0.389 e. The summed E-state index contributed by atoms with van der Waals surface area (Å²) in [4.78, 5) is 9.52. The minimum absolute atomic E-state index is 0.0958. The molecule has 0 aliphatic carbocycles. The van der Waals surface area contributed by atoms with Gasteiger partial charge in [0.05, 0.1) is 11.3 Å². The van der Waals surface area contributed by atoms with Gasteiger partial charge in [-0.3, -0.25) is 0 Å². The van der Waals surface area contributed by atoms with Gasteiger partial charge in [0.15, 0.2) is 5.65 Å². The molecular formula is C27H32F3N5O. The first kappa shape index (κ1) is 24.8. The Balaban J connectivity index is 1.53. The number of halogens is 3. The number of hydrogen-bond acceptors (Lipinski definition) is 4. The number of benzene rings is 1. The standard InChI is InChI=1S/C27H32F3N5O/c1-16(2)23-20-11-18(17-7-9-34(10-8-17)14-26(3,4)36)5-6-22(20)33-24(23)19-12-21(27(28,29)30)25-31-15-32-35(25)13-19/h5-6,11-13,15-17,33,36H,7-10,14H2,1-4H3. The topological polar surface area (TPSA) is 69.5 Å². The Morgan fingerprint density at radius 2 is 1.86 bits per heavy atom. The Hall–Kier alpha value is -2.91. The summed E-state index contributed by atoms with van der Waals surface area (Å²) in [6.07, 6.45) is 0.221. The first-order chi connectivity index (χ1) is 16.9. The van der Waals surface area contributed by atoms with Crippen molar-refractivity contribution in [1.82, 2.24) is 24.5 Å². The number of hydrogen-bond donors (Lipinski definition) is 2. The lowest BCUT2D eigenvalue weighted by Gasteiger charge is -2.35. The van der Waals surface area contributed by atoms with Crippen LogP contribution in [0.4, 0.5) is 13.2 Å². The Morgan fingerprint density at radius 3 is 2.50 bits per heavy atom. The van der Waals surface area contributed by atoms with Crippen molar-refractivity contribution >= 4 is 16.6 Å². The van der Waals surface area contributed by atoms with E-state index in [1.165, 1.54) is 16.1 Å². The lowest BCUT2D eigenvalue weighted by Crippen LogP contribution is -2.42. The van der Waals surface area contributed by atoms with Crippen LogP contribution in [0, 0.1) is 0 Å². The number of likely N-dealkylation sites (tertiary alicyclic amines) is 1. The van der Waals surface area contributed by atoms with Crippen molar-refractivity contribution < 1.29 is 18.3 Å². The quantitative estimate of drug-likeness (QED) is 0.355. The van der Waals surface area contributed by atoms with E-state index in [9.17, 15) is 18.3 Å². The molecule has 2 N–H and O–H groups in total. The summed E-state index contributed by atoms with van der Waals surface area (Å²) in [6.45, 7) is 10.3. The number of aliphatic hydroxyl groups is 1. The van der Waals surface area contributed by atoms with Crippen LogP contribution in [-0.4, -0.2) is 54.8 Å². The van der Waals surface area contributed by atoms with Gasteiger partial charge in [0.1, 0.15) is 11.9 Å². The summed E-state index contributed by atoms with van der Waals surface area (Å²) in [5.74, 6) is 0.507. The van der Waals surface area contributed by atoms with Crippen LogP contribution >= 0.6 is 0 Å². The molecule has 1 aliphatic heterocycles. The van der Waals surface area contributed by atoms with Crippen molar-refractivity contribution in [2.45, 2.75) is 64.1 Å². The molecule has 0 bridgehead atoms. The van der Waals surface area contributed by atoms with Gasteiger partial charge < -0.3 is 15.0 Å². The molecule has 36 heavy (non-hydrogen) atoms. The molecule has 1 aromatic carbocycles. The minimum atomic E-state index is -4.54. The maximum atomic E-state index is 13.8. The number of rotatable bonds is 5. The summed E-state index contributed by atoms with van der Waals surface area (Å²) in [5.41, 5.74) is 2.56. The SMILES string of the molecule is CC(C)c1c(-c2cc(C(F)(F)F)c3ncnn3c2)[nH]c2ccc(C3CCN(CC(C)(C)O)CC3)cc12. The van der Waals surface area contributed by atoms with Crippen molar-refractivity contribution in [3.63, 3.8) is 0 Å². The zero-order valence-corrected chi connectivity index (χ0v) is 21.0. The van der Waals surface area contributed by atoms with Crippen LogP contribution < -0.4 is 0 Å². The van der Waals surface area contributed by atoms with Crippen molar-refractivity contribution in [2.75, 3.05) is 19.6 Å². The van der Waals surface area contributed by atoms with E-state index in [1.807, 2.05) is 19.9 Å². The van der Waals surface area contributed by atoms with Gasteiger partial charge in [-0.25, -0.2) is 9.50 Å². The lowest BCUT2D eigenvalue weighted by molar-refractivity contribution is -0.136. The van der Waals surface area contributed by atoms with Crippen molar-refractivity contribution in [1.29, 1.82) is 0 Å². The number of aromatic nitrogens is 4. The Labute approximate surface area is 208 Å². The van der Waals surface area contributed by atoms with E-state index in [2.05, 4.69) is 45.9 Å². The van der Waals surface area contributed by atoms with Crippen LogP contribution in [-0.2, 0) is 6.18 Å². The molecule has 4 aromatic rings. The van der Waals surface area contributed by atoms with E-state index in [4.69, 9.17) is 0 Å². The van der Waals surface area contributed by atoms with E-state index in [0.717, 1.165) is 48.7 Å². The monoisotopic (exact) mass is 499 g/mol. The average molecular weight is 500 g/mol. The molecule has 1 saturated heterocycles. The number of alkyl halides is 3. The molecule has 6 nitrogen and oxygen atoms in total. The van der Waals surface area contributed by atoms with Crippen LogP contribution in [0.25, 0.3) is 27.8 Å². The maximum Gasteiger partial charge on any atom is 0.420 e. The molecule has 1 fully saturated rings. The first-order valence-electron chi connectivity index (χ1n) is 12.4. The number of nitrogens with one attached hydrogen (secondary N) is 1. The molecule has 1 aliphatic rings.